The molecule has 1 atom stereocenters. The maximum atomic E-state index is 5.76. The topological polar surface area (TPSA) is 43.8 Å². The Kier molecular flexibility index (Phi) is 3.05. The molecule has 1 aromatic rings. The first-order valence-electron chi connectivity index (χ1n) is 5.55. The first kappa shape index (κ1) is 10.6. The van der Waals surface area contributed by atoms with Crippen LogP contribution in [0.1, 0.15) is 31.0 Å². The Morgan fingerprint density at radius 1 is 1.73 bits per heavy atom. The van der Waals surface area contributed by atoms with E-state index in [9.17, 15) is 0 Å². The second kappa shape index (κ2) is 4.31. The number of nitrogens with zero attached hydrogens (tertiary/aromatic N) is 2. The van der Waals surface area contributed by atoms with E-state index in [1.165, 1.54) is 17.7 Å². The van der Waals surface area contributed by atoms with Gasteiger partial charge in [-0.25, -0.2) is 0 Å². The van der Waals surface area contributed by atoms with Crippen molar-refractivity contribution >= 4 is 17.2 Å². The highest BCUT2D eigenvalue weighted by Gasteiger charge is 2.21. The molecule has 0 unspecified atom stereocenters. The normalized spacial score (nSPS) is 20.7. The van der Waals surface area contributed by atoms with Gasteiger partial charge in [-0.05, 0) is 38.2 Å². The van der Waals surface area contributed by atoms with Gasteiger partial charge in [0.1, 0.15) is 0 Å². The van der Waals surface area contributed by atoms with Crippen LogP contribution in [0, 0.1) is 5.92 Å². The molecule has 0 aliphatic heterocycles. The van der Waals surface area contributed by atoms with Gasteiger partial charge in [-0.2, -0.15) is 5.10 Å². The number of hydrogen-bond donors (Lipinski definition) is 1. The zero-order valence-electron chi connectivity index (χ0n) is 9.07. The van der Waals surface area contributed by atoms with E-state index >= 15 is 0 Å². The third-order valence-electron chi connectivity index (χ3n) is 3.18. The van der Waals surface area contributed by atoms with E-state index < -0.39 is 0 Å². The lowest BCUT2D eigenvalue weighted by molar-refractivity contribution is 0.563. The van der Waals surface area contributed by atoms with E-state index in [4.69, 9.17) is 18.0 Å². The average Bonchev–Trinajstić information content (AvgIpc) is 2.46. The number of hydrogen-bond acceptors (Lipinski definition) is 2. The summed E-state index contributed by atoms with van der Waals surface area (Å²) in [5.41, 5.74) is 8.48. The minimum atomic E-state index is 0.364. The molecule has 15 heavy (non-hydrogen) atoms. The van der Waals surface area contributed by atoms with Crippen LogP contribution in [0.3, 0.4) is 0 Å². The van der Waals surface area contributed by atoms with Gasteiger partial charge in [0.2, 0.25) is 0 Å². The van der Waals surface area contributed by atoms with E-state index in [0.717, 1.165) is 25.8 Å². The number of nitrogens with two attached hydrogens (primary N) is 1. The Labute approximate surface area is 95.7 Å². The summed E-state index contributed by atoms with van der Waals surface area (Å²) in [6, 6.07) is 0. The smallest absolute Gasteiger partial charge is 0.0762 e. The number of thiocarbonyl (C=S) groups is 1. The summed E-state index contributed by atoms with van der Waals surface area (Å²) >= 11 is 5.11. The lowest BCUT2D eigenvalue weighted by atomic mass is 10.0. The summed E-state index contributed by atoms with van der Waals surface area (Å²) in [4.78, 5) is 0.659. The van der Waals surface area contributed by atoms with Crippen molar-refractivity contribution in [3.8, 4) is 0 Å². The lowest BCUT2D eigenvalue weighted by Gasteiger charge is -2.13. The average molecular weight is 223 g/mol. The van der Waals surface area contributed by atoms with Gasteiger partial charge in [0.15, 0.2) is 0 Å². The van der Waals surface area contributed by atoms with Crippen molar-refractivity contribution < 1.29 is 0 Å². The van der Waals surface area contributed by atoms with Crippen molar-refractivity contribution in [2.45, 2.75) is 39.2 Å². The number of aryl methyl sites for hydroxylation is 2. The molecule has 1 heterocycles. The summed E-state index contributed by atoms with van der Waals surface area (Å²) in [6.07, 6.45) is 6.38. The second-order valence-corrected chi connectivity index (χ2v) is 4.60. The minimum Gasteiger partial charge on any atom is -0.393 e. The van der Waals surface area contributed by atoms with Crippen LogP contribution in [0.4, 0.5) is 0 Å². The maximum Gasteiger partial charge on any atom is 0.0762 e. The Morgan fingerprint density at radius 3 is 3.20 bits per heavy atom. The van der Waals surface area contributed by atoms with Gasteiger partial charge in [0.05, 0.1) is 11.2 Å². The van der Waals surface area contributed by atoms with Crippen LogP contribution >= 0.6 is 12.2 Å². The van der Waals surface area contributed by atoms with Crippen molar-refractivity contribution in [1.82, 2.24) is 9.78 Å². The predicted octanol–water partition coefficient (Wildman–Crippen LogP) is 1.68. The van der Waals surface area contributed by atoms with Gasteiger partial charge in [0, 0.05) is 18.2 Å². The molecule has 82 valence electrons. The lowest BCUT2D eigenvalue weighted by Crippen LogP contribution is -2.23. The molecular formula is C11H17N3S. The van der Waals surface area contributed by atoms with Gasteiger partial charge < -0.3 is 5.73 Å². The Hall–Kier alpha value is -0.900. The van der Waals surface area contributed by atoms with E-state index in [0.29, 0.717) is 10.9 Å². The molecule has 0 radical (unpaired) electrons. The zero-order chi connectivity index (χ0) is 10.8. The van der Waals surface area contributed by atoms with Crippen LogP contribution in [-0.2, 0) is 19.4 Å². The van der Waals surface area contributed by atoms with Crippen LogP contribution < -0.4 is 5.73 Å². The number of rotatable bonds is 2. The molecule has 0 amide bonds. The van der Waals surface area contributed by atoms with Gasteiger partial charge in [-0.15, -0.1) is 0 Å². The van der Waals surface area contributed by atoms with Crippen LogP contribution in [-0.4, -0.2) is 14.8 Å². The van der Waals surface area contributed by atoms with Crippen LogP contribution in [0.2, 0.25) is 0 Å². The molecule has 0 spiro atoms. The van der Waals surface area contributed by atoms with E-state index in [2.05, 4.69) is 16.7 Å². The number of fused-ring (bicyclic) bond motifs is 1. The summed E-state index contributed by atoms with van der Waals surface area (Å²) < 4.78 is 2.08. The van der Waals surface area contributed by atoms with Crippen molar-refractivity contribution in [2.24, 2.45) is 11.7 Å². The quantitative estimate of drug-likeness (QED) is 0.613. The number of aromatic nitrogens is 2. The molecule has 1 aliphatic rings. The first-order chi connectivity index (χ1) is 7.22. The van der Waals surface area contributed by atoms with Crippen LogP contribution in [0.15, 0.2) is 6.20 Å². The highest BCUT2D eigenvalue weighted by molar-refractivity contribution is 7.80. The summed E-state index contributed by atoms with van der Waals surface area (Å²) in [5.74, 6) is 0.364. The fourth-order valence-electron chi connectivity index (χ4n) is 2.28. The van der Waals surface area contributed by atoms with Gasteiger partial charge in [-0.1, -0.05) is 12.2 Å². The van der Waals surface area contributed by atoms with E-state index in [-0.39, 0.29) is 0 Å². The van der Waals surface area contributed by atoms with Crippen molar-refractivity contribution in [2.75, 3.05) is 0 Å². The monoisotopic (exact) mass is 223 g/mol. The van der Waals surface area contributed by atoms with E-state index in [1.54, 1.807) is 0 Å². The molecule has 0 fully saturated rings. The van der Waals surface area contributed by atoms with Crippen molar-refractivity contribution in [1.29, 1.82) is 0 Å². The van der Waals surface area contributed by atoms with Gasteiger partial charge in [-0.3, -0.25) is 4.68 Å². The Morgan fingerprint density at radius 2 is 2.53 bits per heavy atom. The molecule has 0 saturated heterocycles. The predicted molar refractivity (Wildman–Crippen MR) is 64.8 cm³/mol. The molecule has 2 N–H and O–H groups in total. The molecule has 3 nitrogen and oxygen atoms in total. The second-order valence-electron chi connectivity index (χ2n) is 4.13. The van der Waals surface area contributed by atoms with Crippen LogP contribution in [0.5, 0.6) is 0 Å². The third kappa shape index (κ3) is 2.04. The molecule has 0 bridgehead atoms. The van der Waals surface area contributed by atoms with Crippen LogP contribution in [0.25, 0.3) is 0 Å². The standard InChI is InChI=1S/C11H17N3S/c1-2-14-10-6-8(11(12)15)4-3-5-9(10)7-13-14/h7-8H,2-6H2,1H3,(H2,12,15)/t8-/m0/s1. The molecule has 4 heteroatoms. The summed E-state index contributed by atoms with van der Waals surface area (Å²) in [7, 11) is 0. The minimum absolute atomic E-state index is 0.364. The zero-order valence-corrected chi connectivity index (χ0v) is 9.89. The molecule has 1 aliphatic carbocycles. The maximum absolute atomic E-state index is 5.76. The largest absolute Gasteiger partial charge is 0.393 e. The highest BCUT2D eigenvalue weighted by Crippen LogP contribution is 2.24. The molecule has 0 saturated carbocycles. The molecule has 1 aromatic heterocycles. The SMILES string of the molecule is CCn1ncc2c1C[C@@H](C(N)=S)CCC2. The Balaban J connectivity index is 2.29. The Bertz CT molecular complexity index is 370. The highest BCUT2D eigenvalue weighted by atomic mass is 32.1. The fraction of sp³-hybridized carbons (Fsp3) is 0.636. The summed E-state index contributed by atoms with van der Waals surface area (Å²) in [5, 5.41) is 4.38. The first-order valence-corrected chi connectivity index (χ1v) is 5.96. The third-order valence-corrected chi connectivity index (χ3v) is 3.51. The molecule has 0 aromatic carbocycles. The summed E-state index contributed by atoms with van der Waals surface area (Å²) in [6.45, 7) is 3.05. The van der Waals surface area contributed by atoms with Crippen molar-refractivity contribution in [3.63, 3.8) is 0 Å². The fourth-order valence-corrected chi connectivity index (χ4v) is 2.49. The van der Waals surface area contributed by atoms with Gasteiger partial charge in [0.25, 0.3) is 0 Å². The van der Waals surface area contributed by atoms with Gasteiger partial charge >= 0.3 is 0 Å². The van der Waals surface area contributed by atoms with E-state index in [1.807, 2.05) is 6.20 Å². The van der Waals surface area contributed by atoms with Crippen molar-refractivity contribution in [3.05, 3.63) is 17.5 Å². The molecular weight excluding hydrogens is 206 g/mol. The molecule has 2 rings (SSSR count).